The van der Waals surface area contributed by atoms with Gasteiger partial charge in [-0.3, -0.25) is 14.4 Å². The summed E-state index contributed by atoms with van der Waals surface area (Å²) in [5, 5.41) is 7.35. The van der Waals surface area contributed by atoms with Crippen LogP contribution in [0.1, 0.15) is 65.1 Å². The van der Waals surface area contributed by atoms with Crippen LogP contribution in [0, 0.1) is 24.6 Å². The molecule has 2 aromatic carbocycles. The lowest BCUT2D eigenvalue weighted by Gasteiger charge is -2.33. The van der Waals surface area contributed by atoms with Gasteiger partial charge in [-0.2, -0.15) is 13.5 Å². The number of sulfonamides is 1. The maximum absolute atomic E-state index is 14.9. The summed E-state index contributed by atoms with van der Waals surface area (Å²) in [5.74, 6) is -2.40. The van der Waals surface area contributed by atoms with E-state index in [1.165, 1.54) is 47.4 Å². The Labute approximate surface area is 298 Å². The molecule has 2 atom stereocenters. The number of carbonyl (C=O) groups excluding carboxylic acids is 3. The minimum Gasteiger partial charge on any atom is -0.451 e. The number of carbonyl (C=O) groups is 3. The van der Waals surface area contributed by atoms with Gasteiger partial charge in [0.05, 0.1) is 22.5 Å². The van der Waals surface area contributed by atoms with Gasteiger partial charge >= 0.3 is 5.91 Å². The van der Waals surface area contributed by atoms with E-state index in [-0.39, 0.29) is 50.7 Å². The van der Waals surface area contributed by atoms with Crippen molar-refractivity contribution in [3.8, 4) is 5.69 Å². The van der Waals surface area contributed by atoms with Gasteiger partial charge < -0.3 is 14.6 Å². The van der Waals surface area contributed by atoms with E-state index in [1.807, 2.05) is 4.72 Å². The molecule has 4 heterocycles. The molecule has 1 saturated carbocycles. The summed E-state index contributed by atoms with van der Waals surface area (Å²) < 4.78 is 49.0. The Kier molecular flexibility index (Phi) is 9.38. The van der Waals surface area contributed by atoms with Crippen LogP contribution in [-0.4, -0.2) is 58.4 Å². The van der Waals surface area contributed by atoms with Gasteiger partial charge in [0.15, 0.2) is 16.6 Å². The zero-order chi connectivity index (χ0) is 35.9. The standard InChI is InChI=1S/C36H34ClFN6O6S/c1-21-26(20-40-44(21)28-11-7-10-27(37)32(28)38)36(47)43-17-15-25(22-8-3-2-4-9-22)33(43)35(46)41-24-13-14-29-23(18-24)19-30(50-29)34(45)42-51(48,49)31-12-5-6-16-39-31/h5-7,10-14,16,18-20,22,25,33H,2-4,8-9,15,17H2,1H3,(H,41,46)(H,42,45)/t25-,33-/m0/s1. The average molecular weight is 733 g/mol. The number of furan rings is 1. The molecule has 0 radical (unpaired) electrons. The van der Waals surface area contributed by atoms with Crippen molar-refractivity contribution < 1.29 is 31.6 Å². The molecule has 0 unspecified atom stereocenters. The van der Waals surface area contributed by atoms with E-state index in [1.54, 1.807) is 42.2 Å². The number of fused-ring (bicyclic) bond motifs is 1. The topological polar surface area (TPSA) is 156 Å². The van der Waals surface area contributed by atoms with E-state index in [9.17, 15) is 27.2 Å². The highest BCUT2D eigenvalue weighted by atomic mass is 35.5. The van der Waals surface area contributed by atoms with Crippen LogP contribution < -0.4 is 10.0 Å². The fraction of sp³-hybridized carbons (Fsp3) is 0.306. The highest BCUT2D eigenvalue weighted by Crippen LogP contribution is 2.40. The van der Waals surface area contributed by atoms with Crippen molar-refractivity contribution in [3.05, 3.63) is 101 Å². The second-order valence-corrected chi connectivity index (χ2v) is 14.9. The maximum Gasteiger partial charge on any atom is 0.300 e. The third kappa shape index (κ3) is 6.73. The van der Waals surface area contributed by atoms with E-state index in [4.69, 9.17) is 16.0 Å². The van der Waals surface area contributed by atoms with E-state index in [0.717, 1.165) is 32.1 Å². The second kappa shape index (κ2) is 13.9. The lowest BCUT2D eigenvalue weighted by molar-refractivity contribution is -0.121. The predicted octanol–water partition coefficient (Wildman–Crippen LogP) is 6.28. The molecule has 51 heavy (non-hydrogen) atoms. The van der Waals surface area contributed by atoms with Crippen LogP contribution in [0.4, 0.5) is 10.1 Å². The Morgan fingerprint density at radius 2 is 1.80 bits per heavy atom. The SMILES string of the molecule is Cc1c(C(=O)N2CC[C@@H](C3CCCCC3)[C@H]2C(=O)Nc2ccc3oc(C(=O)NS(=O)(=O)c4ccccn4)cc3c2)cnn1-c1cccc(Cl)c1F. The molecule has 1 aliphatic heterocycles. The minimum absolute atomic E-state index is 0.0658. The number of nitrogens with zero attached hydrogens (tertiary/aromatic N) is 4. The highest BCUT2D eigenvalue weighted by Gasteiger charge is 2.46. The van der Waals surface area contributed by atoms with Gasteiger partial charge in [-0.1, -0.05) is 55.8 Å². The maximum atomic E-state index is 14.9. The number of hydrogen-bond donors (Lipinski definition) is 2. The third-order valence-corrected chi connectivity index (χ3v) is 11.3. The fourth-order valence-corrected chi connectivity index (χ4v) is 8.37. The number of amides is 3. The van der Waals surface area contributed by atoms with Gasteiger partial charge in [-0.15, -0.1) is 0 Å². The summed E-state index contributed by atoms with van der Waals surface area (Å²) in [5.41, 5.74) is 1.49. The molecule has 0 spiro atoms. The van der Waals surface area contributed by atoms with Crippen molar-refractivity contribution in [3.63, 3.8) is 0 Å². The summed E-state index contributed by atoms with van der Waals surface area (Å²) in [6.45, 7) is 2.04. The molecule has 1 saturated heterocycles. The van der Waals surface area contributed by atoms with Crippen LogP contribution in [0.2, 0.25) is 5.02 Å². The van der Waals surface area contributed by atoms with Crippen LogP contribution in [0.3, 0.4) is 0 Å². The summed E-state index contributed by atoms with van der Waals surface area (Å²) in [7, 11) is -4.23. The van der Waals surface area contributed by atoms with Gasteiger partial charge in [-0.05, 0) is 73.7 Å². The molecule has 3 amide bonds. The molecule has 2 fully saturated rings. The number of anilines is 1. The first-order valence-electron chi connectivity index (χ1n) is 16.6. The van der Waals surface area contributed by atoms with Crippen molar-refractivity contribution in [2.24, 2.45) is 11.8 Å². The van der Waals surface area contributed by atoms with Gasteiger partial charge in [0, 0.05) is 23.8 Å². The molecule has 3 aromatic heterocycles. The van der Waals surface area contributed by atoms with Gasteiger partial charge in [0.2, 0.25) is 5.91 Å². The van der Waals surface area contributed by atoms with Crippen LogP contribution >= 0.6 is 11.6 Å². The van der Waals surface area contributed by atoms with Gasteiger partial charge in [-0.25, -0.2) is 18.8 Å². The molecule has 2 N–H and O–H groups in total. The van der Waals surface area contributed by atoms with Crippen molar-refractivity contribution in [2.75, 3.05) is 11.9 Å². The first-order chi connectivity index (χ1) is 24.5. The fourth-order valence-electron chi connectivity index (χ4n) is 7.29. The largest absolute Gasteiger partial charge is 0.451 e. The number of nitrogens with one attached hydrogen (secondary N) is 2. The molecule has 2 aliphatic rings. The molecule has 264 valence electrons. The van der Waals surface area contributed by atoms with Gasteiger partial charge in [0.25, 0.3) is 15.9 Å². The smallest absolute Gasteiger partial charge is 0.300 e. The predicted molar refractivity (Wildman–Crippen MR) is 187 cm³/mol. The lowest BCUT2D eigenvalue weighted by Crippen LogP contribution is -2.47. The van der Waals surface area contributed by atoms with E-state index in [2.05, 4.69) is 15.4 Å². The zero-order valence-corrected chi connectivity index (χ0v) is 29.1. The monoisotopic (exact) mass is 732 g/mol. The van der Waals surface area contributed by atoms with Crippen LogP contribution in [0.25, 0.3) is 16.7 Å². The number of rotatable bonds is 8. The molecule has 15 heteroatoms. The Morgan fingerprint density at radius 3 is 2.57 bits per heavy atom. The second-order valence-electron chi connectivity index (χ2n) is 12.9. The number of halogens is 2. The van der Waals surface area contributed by atoms with Crippen LogP contribution in [-0.2, 0) is 14.8 Å². The Bertz CT molecular complexity index is 2250. The zero-order valence-electron chi connectivity index (χ0n) is 27.5. The number of pyridine rings is 1. The lowest BCUT2D eigenvalue weighted by atomic mass is 9.76. The van der Waals surface area contributed by atoms with E-state index < -0.39 is 27.8 Å². The summed E-state index contributed by atoms with van der Waals surface area (Å²) in [4.78, 5) is 46.6. The summed E-state index contributed by atoms with van der Waals surface area (Å²) >= 11 is 6.01. The quantitative estimate of drug-likeness (QED) is 0.189. The van der Waals surface area contributed by atoms with Crippen molar-refractivity contribution in [1.29, 1.82) is 0 Å². The molecule has 1 aliphatic carbocycles. The van der Waals surface area contributed by atoms with Gasteiger partial charge in [0.1, 0.15) is 17.3 Å². The van der Waals surface area contributed by atoms with E-state index in [0.29, 0.717) is 35.3 Å². The highest BCUT2D eigenvalue weighted by molar-refractivity contribution is 7.90. The average Bonchev–Trinajstić information content (AvgIpc) is 3.87. The molecule has 12 nitrogen and oxygen atoms in total. The Hall–Kier alpha value is -5.08. The molecular formula is C36H34ClFN6O6S. The van der Waals surface area contributed by atoms with Crippen molar-refractivity contribution in [2.45, 2.75) is 56.5 Å². The molecular weight excluding hydrogens is 699 g/mol. The summed E-state index contributed by atoms with van der Waals surface area (Å²) in [6, 6.07) is 14.3. The Balaban J connectivity index is 1.13. The van der Waals surface area contributed by atoms with Crippen LogP contribution in [0.5, 0.6) is 0 Å². The number of aromatic nitrogens is 3. The van der Waals surface area contributed by atoms with Crippen molar-refractivity contribution >= 4 is 56.0 Å². The number of likely N-dealkylation sites (tertiary alicyclic amines) is 1. The van der Waals surface area contributed by atoms with Crippen LogP contribution in [0.15, 0.2) is 82.5 Å². The molecule has 0 bridgehead atoms. The van der Waals surface area contributed by atoms with Crippen molar-refractivity contribution in [1.82, 2.24) is 24.4 Å². The van der Waals surface area contributed by atoms with E-state index >= 15 is 0 Å². The summed E-state index contributed by atoms with van der Waals surface area (Å²) in [6.07, 6.45) is 8.57. The molecule has 7 rings (SSSR count). The number of benzene rings is 2. The third-order valence-electron chi connectivity index (χ3n) is 9.78. The first kappa shape index (κ1) is 34.4. The molecule has 5 aromatic rings. The normalized spacial score (nSPS) is 18.2. The first-order valence-corrected chi connectivity index (χ1v) is 18.5. The number of hydrogen-bond acceptors (Lipinski definition) is 8. The Morgan fingerprint density at radius 1 is 1.00 bits per heavy atom. The minimum atomic E-state index is -4.23.